The number of hydrogen-bond acceptors (Lipinski definition) is 2. The predicted molar refractivity (Wildman–Crippen MR) is 74.0 cm³/mol. The number of rotatable bonds is 1. The number of amides is 1. The SMILES string of the molecule is CC(C)(C)OC(=O)Nc1ccc(C(F)(F)F)cc1I. The maximum atomic E-state index is 12.5. The van der Waals surface area contributed by atoms with Crippen molar-refractivity contribution in [1.82, 2.24) is 0 Å². The van der Waals surface area contributed by atoms with Gasteiger partial charge in [-0.15, -0.1) is 0 Å². The maximum absolute atomic E-state index is 12.5. The van der Waals surface area contributed by atoms with Crippen molar-refractivity contribution >= 4 is 34.4 Å². The topological polar surface area (TPSA) is 38.3 Å². The number of benzene rings is 1. The van der Waals surface area contributed by atoms with E-state index in [4.69, 9.17) is 4.74 Å². The summed E-state index contributed by atoms with van der Waals surface area (Å²) in [5.74, 6) is 0. The first-order valence-electron chi connectivity index (χ1n) is 5.36. The summed E-state index contributed by atoms with van der Waals surface area (Å²) < 4.78 is 42.7. The molecule has 1 aromatic rings. The molecule has 0 bridgehead atoms. The molecule has 1 aromatic carbocycles. The van der Waals surface area contributed by atoms with Crippen LogP contribution in [0.25, 0.3) is 0 Å². The smallest absolute Gasteiger partial charge is 0.416 e. The number of carbonyl (C=O) groups is 1. The summed E-state index contributed by atoms with van der Waals surface area (Å²) >= 11 is 1.73. The molecule has 0 heterocycles. The minimum Gasteiger partial charge on any atom is -0.444 e. The molecule has 0 spiro atoms. The highest BCUT2D eigenvalue weighted by molar-refractivity contribution is 14.1. The van der Waals surface area contributed by atoms with Crippen molar-refractivity contribution in [2.45, 2.75) is 32.5 Å². The Morgan fingerprint density at radius 1 is 1.26 bits per heavy atom. The van der Waals surface area contributed by atoms with Gasteiger partial charge in [-0.05, 0) is 61.6 Å². The molecule has 19 heavy (non-hydrogen) atoms. The zero-order valence-corrected chi connectivity index (χ0v) is 12.7. The molecule has 0 radical (unpaired) electrons. The van der Waals surface area contributed by atoms with Crippen LogP contribution in [0, 0.1) is 3.57 Å². The molecule has 1 N–H and O–H groups in total. The second kappa shape index (κ2) is 5.56. The lowest BCUT2D eigenvalue weighted by Crippen LogP contribution is -2.27. The van der Waals surface area contributed by atoms with E-state index < -0.39 is 23.4 Å². The lowest BCUT2D eigenvalue weighted by molar-refractivity contribution is -0.137. The largest absolute Gasteiger partial charge is 0.444 e. The highest BCUT2D eigenvalue weighted by Gasteiger charge is 2.31. The van der Waals surface area contributed by atoms with E-state index in [1.165, 1.54) is 6.07 Å². The van der Waals surface area contributed by atoms with Crippen molar-refractivity contribution in [3.05, 3.63) is 27.3 Å². The van der Waals surface area contributed by atoms with Crippen LogP contribution in [0.1, 0.15) is 26.3 Å². The van der Waals surface area contributed by atoms with E-state index in [-0.39, 0.29) is 5.69 Å². The van der Waals surface area contributed by atoms with E-state index in [0.29, 0.717) is 3.57 Å². The lowest BCUT2D eigenvalue weighted by atomic mass is 10.2. The summed E-state index contributed by atoms with van der Waals surface area (Å²) in [5.41, 5.74) is -1.14. The maximum Gasteiger partial charge on any atom is 0.416 e. The third-order valence-electron chi connectivity index (χ3n) is 1.93. The van der Waals surface area contributed by atoms with E-state index in [2.05, 4.69) is 5.32 Å². The lowest BCUT2D eigenvalue weighted by Gasteiger charge is -2.20. The van der Waals surface area contributed by atoms with Crippen LogP contribution in [0.4, 0.5) is 23.7 Å². The van der Waals surface area contributed by atoms with E-state index in [1.807, 2.05) is 0 Å². The van der Waals surface area contributed by atoms with Crippen molar-refractivity contribution in [2.75, 3.05) is 5.32 Å². The summed E-state index contributed by atoms with van der Waals surface area (Å²) in [4.78, 5) is 11.5. The molecule has 0 saturated heterocycles. The van der Waals surface area contributed by atoms with E-state index in [9.17, 15) is 18.0 Å². The van der Waals surface area contributed by atoms with Gasteiger partial charge in [-0.2, -0.15) is 13.2 Å². The monoisotopic (exact) mass is 387 g/mol. The fourth-order valence-electron chi connectivity index (χ4n) is 1.21. The average molecular weight is 387 g/mol. The van der Waals surface area contributed by atoms with Gasteiger partial charge in [-0.3, -0.25) is 5.32 Å². The summed E-state index contributed by atoms with van der Waals surface area (Å²) in [7, 11) is 0. The van der Waals surface area contributed by atoms with Crippen molar-refractivity contribution in [1.29, 1.82) is 0 Å². The fourth-order valence-corrected chi connectivity index (χ4v) is 1.86. The molecule has 7 heteroatoms. The van der Waals surface area contributed by atoms with Crippen molar-refractivity contribution in [2.24, 2.45) is 0 Å². The molecular weight excluding hydrogens is 374 g/mol. The van der Waals surface area contributed by atoms with Crippen LogP contribution in [-0.4, -0.2) is 11.7 Å². The Bertz CT molecular complexity index is 481. The summed E-state index contributed by atoms with van der Waals surface area (Å²) in [6.45, 7) is 5.10. The number of alkyl halides is 3. The molecule has 1 amide bonds. The van der Waals surface area contributed by atoms with Crippen molar-refractivity contribution < 1.29 is 22.7 Å². The average Bonchev–Trinajstić information content (AvgIpc) is 2.16. The quantitative estimate of drug-likeness (QED) is 0.713. The standard InChI is InChI=1S/C12H13F3INO2/c1-11(2,3)19-10(18)17-9-5-4-7(6-8(9)16)12(13,14)15/h4-6H,1-3H3,(H,17,18). The minimum atomic E-state index is -4.40. The van der Waals surface area contributed by atoms with E-state index in [0.717, 1.165) is 12.1 Å². The third-order valence-corrected chi connectivity index (χ3v) is 2.82. The van der Waals surface area contributed by atoms with Gasteiger partial charge in [0.05, 0.1) is 11.3 Å². The van der Waals surface area contributed by atoms with Crippen molar-refractivity contribution in [3.8, 4) is 0 Å². The van der Waals surface area contributed by atoms with E-state index >= 15 is 0 Å². The van der Waals surface area contributed by atoms with Gasteiger partial charge in [0, 0.05) is 3.57 Å². The number of carbonyl (C=O) groups excluding carboxylic acids is 1. The second-order valence-corrected chi connectivity index (χ2v) is 5.98. The van der Waals surface area contributed by atoms with Gasteiger partial charge in [0.15, 0.2) is 0 Å². The van der Waals surface area contributed by atoms with Gasteiger partial charge in [0.2, 0.25) is 0 Å². The number of ether oxygens (including phenoxy) is 1. The van der Waals surface area contributed by atoms with Crippen LogP contribution in [0.2, 0.25) is 0 Å². The number of halogens is 4. The first-order valence-corrected chi connectivity index (χ1v) is 6.44. The van der Waals surface area contributed by atoms with Crippen LogP contribution in [0.3, 0.4) is 0 Å². The van der Waals surface area contributed by atoms with Crippen LogP contribution in [-0.2, 0) is 10.9 Å². The molecule has 0 aliphatic carbocycles. The summed E-state index contributed by atoms with van der Waals surface area (Å²) in [5, 5.41) is 2.41. The molecule has 0 aliphatic heterocycles. The Hall–Kier alpha value is -0.990. The first-order chi connectivity index (χ1) is 8.49. The van der Waals surface area contributed by atoms with Crippen molar-refractivity contribution in [3.63, 3.8) is 0 Å². The fraction of sp³-hybridized carbons (Fsp3) is 0.417. The zero-order chi connectivity index (χ0) is 14.8. The highest BCUT2D eigenvalue weighted by Crippen LogP contribution is 2.32. The predicted octanol–water partition coefficient (Wildman–Crippen LogP) is 4.66. The molecule has 1 rings (SSSR count). The number of nitrogens with one attached hydrogen (secondary N) is 1. The number of anilines is 1. The third kappa shape index (κ3) is 5.25. The summed E-state index contributed by atoms with van der Waals surface area (Å²) in [6.07, 6.45) is -5.10. The van der Waals surface area contributed by atoms with Gasteiger partial charge in [-0.1, -0.05) is 0 Å². The van der Waals surface area contributed by atoms with Gasteiger partial charge in [-0.25, -0.2) is 4.79 Å². The van der Waals surface area contributed by atoms with Gasteiger partial charge in [0.25, 0.3) is 0 Å². The molecule has 0 aliphatic rings. The van der Waals surface area contributed by atoms with Crippen LogP contribution in [0.15, 0.2) is 18.2 Å². The Balaban J connectivity index is 2.84. The molecule has 0 saturated carbocycles. The molecule has 0 atom stereocenters. The molecule has 0 unspecified atom stereocenters. The normalized spacial score (nSPS) is 12.2. The minimum absolute atomic E-state index is 0.280. The van der Waals surface area contributed by atoms with E-state index in [1.54, 1.807) is 43.4 Å². The van der Waals surface area contributed by atoms with Gasteiger partial charge in [0.1, 0.15) is 5.60 Å². The Morgan fingerprint density at radius 2 is 1.84 bits per heavy atom. The summed E-state index contributed by atoms with van der Waals surface area (Å²) in [6, 6.07) is 3.08. The Morgan fingerprint density at radius 3 is 2.26 bits per heavy atom. The van der Waals surface area contributed by atoms with Crippen LogP contribution in [0.5, 0.6) is 0 Å². The molecule has 0 fully saturated rings. The first kappa shape index (κ1) is 16.1. The zero-order valence-electron chi connectivity index (χ0n) is 10.6. The molecule has 3 nitrogen and oxygen atoms in total. The molecular formula is C12H13F3INO2. The second-order valence-electron chi connectivity index (χ2n) is 4.82. The van der Waals surface area contributed by atoms with Crippen LogP contribution < -0.4 is 5.32 Å². The number of hydrogen-bond donors (Lipinski definition) is 1. The van der Waals surface area contributed by atoms with Gasteiger partial charge < -0.3 is 4.74 Å². The van der Waals surface area contributed by atoms with Gasteiger partial charge >= 0.3 is 12.3 Å². The van der Waals surface area contributed by atoms with Crippen LogP contribution >= 0.6 is 22.6 Å². The molecule has 0 aromatic heterocycles. The Labute approximate surface area is 122 Å². The molecule has 106 valence electrons. The Kier molecular flexibility index (Phi) is 4.70. The highest BCUT2D eigenvalue weighted by atomic mass is 127.